The number of benzene rings is 1. The number of hydrogen-bond acceptors (Lipinski definition) is 7. The summed E-state index contributed by atoms with van der Waals surface area (Å²) in [5.41, 5.74) is 0.824. The van der Waals surface area contributed by atoms with Crippen LogP contribution in [0.25, 0.3) is 0 Å². The molecule has 2 aliphatic carbocycles. The average molecular weight is 472 g/mol. The van der Waals surface area contributed by atoms with E-state index in [-0.39, 0.29) is 36.2 Å². The van der Waals surface area contributed by atoms with Gasteiger partial charge in [0.2, 0.25) is 0 Å². The summed E-state index contributed by atoms with van der Waals surface area (Å²) in [4.78, 5) is 22.9. The highest BCUT2D eigenvalue weighted by Gasteiger charge is 2.57. The highest BCUT2D eigenvalue weighted by Crippen LogP contribution is 2.61. The van der Waals surface area contributed by atoms with Crippen molar-refractivity contribution in [2.45, 2.75) is 58.2 Å². The quantitative estimate of drug-likeness (QED) is 0.212. The predicted molar refractivity (Wildman–Crippen MR) is 125 cm³/mol. The molecule has 0 spiro atoms. The first-order chi connectivity index (χ1) is 16.1. The molecule has 1 aromatic rings. The minimum atomic E-state index is -0.592. The van der Waals surface area contributed by atoms with Crippen molar-refractivity contribution in [3.05, 3.63) is 58.2 Å². The van der Waals surface area contributed by atoms with E-state index in [1.54, 1.807) is 0 Å². The maximum Gasteiger partial charge on any atom is 0.337 e. The van der Waals surface area contributed by atoms with E-state index in [0.717, 1.165) is 24.8 Å². The SMILES string of the molecule is C=C1CC[C@H]2[C@@](C)(CCC(O)[C@@]2(C)CO)C1C/C=C1/C(=O)OC[C@H]1Oc1ccc([N+](=O)[O-])cc1. The second-order valence-corrected chi connectivity index (χ2v) is 10.4. The van der Waals surface area contributed by atoms with Gasteiger partial charge < -0.3 is 19.7 Å². The molecule has 1 aliphatic heterocycles. The van der Waals surface area contributed by atoms with E-state index in [9.17, 15) is 25.1 Å². The van der Waals surface area contributed by atoms with Crippen LogP contribution >= 0.6 is 0 Å². The highest BCUT2D eigenvalue weighted by molar-refractivity contribution is 5.91. The molecule has 184 valence electrons. The number of allylic oxidation sites excluding steroid dienone is 2. The Hall–Kier alpha value is -2.71. The lowest BCUT2D eigenvalue weighted by Gasteiger charge is -2.59. The lowest BCUT2D eigenvalue weighted by atomic mass is 9.46. The van der Waals surface area contributed by atoms with Crippen molar-refractivity contribution in [1.82, 2.24) is 0 Å². The summed E-state index contributed by atoms with van der Waals surface area (Å²) in [6, 6.07) is 5.74. The van der Waals surface area contributed by atoms with Gasteiger partial charge in [-0.05, 0) is 61.5 Å². The highest BCUT2D eigenvalue weighted by atomic mass is 16.6. The van der Waals surface area contributed by atoms with E-state index < -0.39 is 28.5 Å². The molecular weight excluding hydrogens is 438 g/mol. The first kappa shape index (κ1) is 24.4. The number of non-ortho nitro benzene ring substituents is 1. The molecule has 1 heterocycles. The summed E-state index contributed by atoms with van der Waals surface area (Å²) >= 11 is 0. The smallest absolute Gasteiger partial charge is 0.337 e. The van der Waals surface area contributed by atoms with Gasteiger partial charge in [-0.2, -0.15) is 0 Å². The van der Waals surface area contributed by atoms with Gasteiger partial charge in [0.05, 0.1) is 23.2 Å². The monoisotopic (exact) mass is 471 g/mol. The fourth-order valence-electron chi connectivity index (χ4n) is 6.46. The van der Waals surface area contributed by atoms with Crippen molar-refractivity contribution in [2.24, 2.45) is 22.7 Å². The van der Waals surface area contributed by atoms with Crippen LogP contribution in [0, 0.1) is 32.8 Å². The molecule has 0 amide bonds. The number of aliphatic hydroxyl groups is 2. The maximum absolute atomic E-state index is 12.5. The van der Waals surface area contributed by atoms with Gasteiger partial charge in [0.1, 0.15) is 12.4 Å². The minimum absolute atomic E-state index is 0.0343. The molecule has 1 aromatic carbocycles. The molecule has 0 bridgehead atoms. The molecule has 2 N–H and O–H groups in total. The van der Waals surface area contributed by atoms with Gasteiger partial charge in [0, 0.05) is 17.5 Å². The molecule has 2 saturated carbocycles. The fourth-order valence-corrected chi connectivity index (χ4v) is 6.46. The van der Waals surface area contributed by atoms with Gasteiger partial charge >= 0.3 is 5.97 Å². The number of rotatable bonds is 6. The fraction of sp³-hybridized carbons (Fsp3) is 0.577. The third-order valence-electron chi connectivity index (χ3n) is 8.54. The zero-order valence-electron chi connectivity index (χ0n) is 19.7. The van der Waals surface area contributed by atoms with Crippen LogP contribution in [0.5, 0.6) is 5.75 Å². The van der Waals surface area contributed by atoms with E-state index in [2.05, 4.69) is 13.5 Å². The van der Waals surface area contributed by atoms with Crippen molar-refractivity contribution >= 4 is 11.7 Å². The van der Waals surface area contributed by atoms with E-state index in [1.807, 2.05) is 13.0 Å². The van der Waals surface area contributed by atoms with E-state index in [1.165, 1.54) is 24.3 Å². The topological polar surface area (TPSA) is 119 Å². The van der Waals surface area contributed by atoms with Gasteiger partial charge in [0.25, 0.3) is 5.69 Å². The first-order valence-corrected chi connectivity index (χ1v) is 11.8. The van der Waals surface area contributed by atoms with E-state index in [0.29, 0.717) is 24.2 Å². The molecule has 6 atom stereocenters. The van der Waals surface area contributed by atoms with Crippen LogP contribution in [0.1, 0.15) is 46.0 Å². The Morgan fingerprint density at radius 3 is 2.65 bits per heavy atom. The van der Waals surface area contributed by atoms with Gasteiger partial charge in [-0.25, -0.2) is 4.79 Å². The number of carbonyl (C=O) groups excluding carboxylic acids is 1. The van der Waals surface area contributed by atoms with Crippen LogP contribution < -0.4 is 4.74 Å². The predicted octanol–water partition coefficient (Wildman–Crippen LogP) is 3.96. The number of nitro groups is 1. The van der Waals surface area contributed by atoms with Crippen molar-refractivity contribution in [3.63, 3.8) is 0 Å². The van der Waals surface area contributed by atoms with E-state index >= 15 is 0 Å². The van der Waals surface area contributed by atoms with Crippen molar-refractivity contribution < 1.29 is 29.4 Å². The summed E-state index contributed by atoms with van der Waals surface area (Å²) < 4.78 is 11.2. The third kappa shape index (κ3) is 4.14. The number of nitro benzene ring substituents is 1. The molecule has 3 aliphatic rings. The number of esters is 1. The molecule has 0 aromatic heterocycles. The van der Waals surface area contributed by atoms with Crippen LogP contribution in [0.3, 0.4) is 0 Å². The number of aliphatic hydroxyl groups excluding tert-OH is 2. The molecule has 34 heavy (non-hydrogen) atoms. The van der Waals surface area contributed by atoms with Gasteiger partial charge in [-0.3, -0.25) is 10.1 Å². The Morgan fingerprint density at radius 1 is 1.29 bits per heavy atom. The van der Waals surface area contributed by atoms with Crippen molar-refractivity contribution in [1.29, 1.82) is 0 Å². The van der Waals surface area contributed by atoms with Crippen LogP contribution in [-0.2, 0) is 9.53 Å². The standard InChI is InChI=1S/C26H33NO7/c1-16-4-11-22-25(2,13-12-23(29)26(22,3)15-28)20(16)10-9-19-21(14-33-24(19)30)34-18-7-5-17(6-8-18)27(31)32/h5-9,20-23,28-29H,1,4,10-15H2,2-3H3/b19-9+/t20?,21-,22+,23?,25+,26+/m1/s1. The number of hydrogen-bond donors (Lipinski definition) is 2. The average Bonchev–Trinajstić information content (AvgIpc) is 3.15. The molecule has 2 unspecified atom stereocenters. The summed E-state index contributed by atoms with van der Waals surface area (Å²) in [5, 5.41) is 31.7. The molecule has 0 radical (unpaired) electrons. The van der Waals surface area contributed by atoms with Crippen LogP contribution in [-0.4, -0.2) is 46.5 Å². The summed E-state index contributed by atoms with van der Waals surface area (Å²) in [5.74, 6) is 0.249. The Bertz CT molecular complexity index is 1000. The Kier molecular flexibility index (Phi) is 6.57. The summed E-state index contributed by atoms with van der Waals surface area (Å²) in [6.45, 7) is 8.57. The van der Waals surface area contributed by atoms with Gasteiger partial charge in [-0.1, -0.05) is 32.1 Å². The van der Waals surface area contributed by atoms with E-state index in [4.69, 9.17) is 9.47 Å². The Labute approximate surface area is 199 Å². The summed E-state index contributed by atoms with van der Waals surface area (Å²) in [7, 11) is 0. The van der Waals surface area contributed by atoms with Crippen LogP contribution in [0.4, 0.5) is 5.69 Å². The third-order valence-corrected chi connectivity index (χ3v) is 8.54. The largest absolute Gasteiger partial charge is 0.482 e. The number of nitrogens with zero attached hydrogens (tertiary/aromatic N) is 1. The zero-order chi connectivity index (χ0) is 24.7. The number of carbonyl (C=O) groups is 1. The van der Waals surface area contributed by atoms with Crippen LogP contribution in [0.15, 0.2) is 48.1 Å². The lowest BCUT2D eigenvalue weighted by molar-refractivity contribution is -0.384. The number of cyclic esters (lactones) is 1. The van der Waals surface area contributed by atoms with Gasteiger partial charge in [0.15, 0.2) is 6.10 Å². The Morgan fingerprint density at radius 2 is 2.00 bits per heavy atom. The van der Waals surface area contributed by atoms with Crippen molar-refractivity contribution in [2.75, 3.05) is 13.2 Å². The van der Waals surface area contributed by atoms with Crippen molar-refractivity contribution in [3.8, 4) is 5.75 Å². The van der Waals surface area contributed by atoms with Crippen LogP contribution in [0.2, 0.25) is 0 Å². The van der Waals surface area contributed by atoms with Gasteiger partial charge in [-0.15, -0.1) is 0 Å². The molecular formula is C26H33NO7. The second-order valence-electron chi connectivity index (χ2n) is 10.4. The molecule has 8 heteroatoms. The lowest BCUT2D eigenvalue weighted by Crippen LogP contribution is -2.57. The maximum atomic E-state index is 12.5. The molecule has 4 rings (SSSR count). The zero-order valence-corrected chi connectivity index (χ0v) is 19.7. The molecule has 1 saturated heterocycles. The molecule has 8 nitrogen and oxygen atoms in total. The second kappa shape index (κ2) is 9.15. The normalized spacial score (nSPS) is 36.8. The number of ether oxygens (including phenoxy) is 2. The molecule has 3 fully saturated rings. The first-order valence-electron chi connectivity index (χ1n) is 11.8. The number of fused-ring (bicyclic) bond motifs is 1. The Balaban J connectivity index is 1.54. The minimum Gasteiger partial charge on any atom is -0.482 e. The summed E-state index contributed by atoms with van der Waals surface area (Å²) in [6.07, 6.45) is 4.50.